The number of hydrogen-bond donors (Lipinski definition) is 2. The van der Waals surface area contributed by atoms with Gasteiger partial charge in [0.15, 0.2) is 5.13 Å². The number of benzene rings is 3. The normalized spacial score (nSPS) is 11.3. The summed E-state index contributed by atoms with van der Waals surface area (Å²) in [5.74, 6) is -0.322. The van der Waals surface area contributed by atoms with E-state index in [0.717, 1.165) is 14.7 Å². The summed E-state index contributed by atoms with van der Waals surface area (Å²) in [6.45, 7) is 0. The Balaban J connectivity index is 1.48. The molecule has 4 rings (SSSR count). The van der Waals surface area contributed by atoms with Crippen LogP contribution in [0.2, 0.25) is 0 Å². The lowest BCUT2D eigenvalue weighted by Crippen LogP contribution is -2.14. The molecule has 29 heavy (non-hydrogen) atoms. The molecule has 0 bridgehead atoms. The minimum Gasteiger partial charge on any atom is -0.298 e. The predicted molar refractivity (Wildman–Crippen MR) is 119 cm³/mol. The summed E-state index contributed by atoms with van der Waals surface area (Å²) in [6.07, 6.45) is 0. The summed E-state index contributed by atoms with van der Waals surface area (Å²) in [5.41, 5.74) is 1.55. The highest BCUT2D eigenvalue weighted by molar-refractivity contribution is 9.10. The van der Waals surface area contributed by atoms with E-state index in [-0.39, 0.29) is 10.8 Å². The minimum absolute atomic E-state index is 0.170. The molecule has 3 aromatic carbocycles. The van der Waals surface area contributed by atoms with Crippen LogP contribution in [0.4, 0.5) is 10.8 Å². The fourth-order valence-corrected chi connectivity index (χ4v) is 5.19. The number of nitrogens with one attached hydrogen (secondary N) is 2. The van der Waals surface area contributed by atoms with Gasteiger partial charge in [0, 0.05) is 15.7 Å². The molecule has 0 saturated carbocycles. The summed E-state index contributed by atoms with van der Waals surface area (Å²) < 4.78 is 29.1. The van der Waals surface area contributed by atoms with E-state index >= 15 is 0 Å². The summed E-state index contributed by atoms with van der Waals surface area (Å²) >= 11 is 4.82. The molecule has 1 amide bonds. The molecule has 0 spiro atoms. The Morgan fingerprint density at radius 2 is 1.66 bits per heavy atom. The van der Waals surface area contributed by atoms with Gasteiger partial charge in [-0.15, -0.1) is 0 Å². The number of thiazole rings is 1. The van der Waals surface area contributed by atoms with E-state index in [1.165, 1.54) is 23.5 Å². The number of carbonyl (C=O) groups is 1. The van der Waals surface area contributed by atoms with Gasteiger partial charge in [-0.3, -0.25) is 14.8 Å². The molecule has 0 aliphatic rings. The van der Waals surface area contributed by atoms with Crippen LogP contribution in [-0.4, -0.2) is 19.3 Å². The molecule has 0 aliphatic carbocycles. The van der Waals surface area contributed by atoms with Crippen LogP contribution in [0.25, 0.3) is 10.2 Å². The summed E-state index contributed by atoms with van der Waals surface area (Å²) in [5, 5.41) is 3.27. The van der Waals surface area contributed by atoms with Gasteiger partial charge in [-0.05, 0) is 64.5 Å². The summed E-state index contributed by atoms with van der Waals surface area (Å²) in [7, 11) is -3.68. The van der Waals surface area contributed by atoms with Crippen molar-refractivity contribution in [3.8, 4) is 0 Å². The highest BCUT2D eigenvalue weighted by atomic mass is 79.9. The average molecular weight is 488 g/mol. The number of hydrogen-bond acceptors (Lipinski definition) is 5. The van der Waals surface area contributed by atoms with Crippen molar-refractivity contribution >= 4 is 64.2 Å². The van der Waals surface area contributed by atoms with Crippen LogP contribution in [0.15, 0.2) is 82.2 Å². The molecule has 0 unspecified atom stereocenters. The number of para-hydroxylation sites is 1. The van der Waals surface area contributed by atoms with E-state index in [9.17, 15) is 13.2 Å². The van der Waals surface area contributed by atoms with Crippen molar-refractivity contribution < 1.29 is 13.2 Å². The third-order valence-electron chi connectivity index (χ3n) is 4.04. The Hall–Kier alpha value is -2.75. The molecule has 9 heteroatoms. The SMILES string of the molecule is O=C(Nc1nc2c(Br)cccc2s1)c1ccc(NS(=O)(=O)c2ccccc2)cc1. The minimum atomic E-state index is -3.68. The molecule has 0 fully saturated rings. The molecule has 6 nitrogen and oxygen atoms in total. The Labute approximate surface area is 179 Å². The van der Waals surface area contributed by atoms with Crippen LogP contribution < -0.4 is 10.0 Å². The van der Waals surface area contributed by atoms with Crippen LogP contribution >= 0.6 is 27.3 Å². The van der Waals surface area contributed by atoms with E-state index in [0.29, 0.717) is 16.4 Å². The lowest BCUT2D eigenvalue weighted by Gasteiger charge is -2.08. The second-order valence-corrected chi connectivity index (χ2v) is 9.62. The van der Waals surface area contributed by atoms with Crippen molar-refractivity contribution in [2.24, 2.45) is 0 Å². The molecule has 146 valence electrons. The van der Waals surface area contributed by atoms with E-state index in [2.05, 4.69) is 31.0 Å². The molecule has 1 heterocycles. The fraction of sp³-hybridized carbons (Fsp3) is 0. The molecule has 0 radical (unpaired) electrons. The van der Waals surface area contributed by atoms with Gasteiger partial charge < -0.3 is 0 Å². The number of nitrogens with zero attached hydrogens (tertiary/aromatic N) is 1. The number of amides is 1. The summed E-state index contributed by atoms with van der Waals surface area (Å²) in [4.78, 5) is 17.1. The van der Waals surface area contributed by atoms with Crippen molar-refractivity contribution in [1.82, 2.24) is 4.98 Å². The number of fused-ring (bicyclic) bond motifs is 1. The molecule has 4 aromatic rings. The molecule has 1 aromatic heterocycles. The Bertz CT molecular complexity index is 1290. The maximum atomic E-state index is 12.5. The van der Waals surface area contributed by atoms with E-state index in [4.69, 9.17) is 0 Å². The standard InChI is InChI=1S/C20H14BrN3O3S2/c21-16-7-4-8-17-18(16)22-20(28-17)23-19(25)13-9-11-14(12-10-13)24-29(26,27)15-5-2-1-3-6-15/h1-12,24H,(H,22,23,25). The smallest absolute Gasteiger partial charge is 0.261 e. The zero-order valence-corrected chi connectivity index (χ0v) is 18.0. The zero-order valence-electron chi connectivity index (χ0n) is 14.8. The third-order valence-corrected chi connectivity index (χ3v) is 7.02. The molecular weight excluding hydrogens is 474 g/mol. The predicted octanol–water partition coefficient (Wildman–Crippen LogP) is 5.11. The van der Waals surface area contributed by atoms with Gasteiger partial charge in [0.25, 0.3) is 15.9 Å². The molecule has 0 saturated heterocycles. The third kappa shape index (κ3) is 4.31. The van der Waals surface area contributed by atoms with Crippen molar-refractivity contribution in [2.45, 2.75) is 4.90 Å². The van der Waals surface area contributed by atoms with Gasteiger partial charge in [0.2, 0.25) is 0 Å². The molecule has 0 aliphatic heterocycles. The second-order valence-electron chi connectivity index (χ2n) is 6.06. The number of rotatable bonds is 5. The van der Waals surface area contributed by atoms with Gasteiger partial charge in [-0.25, -0.2) is 13.4 Å². The second kappa shape index (κ2) is 7.94. The number of sulfonamides is 1. The van der Waals surface area contributed by atoms with Crippen LogP contribution in [0, 0.1) is 0 Å². The quantitative estimate of drug-likeness (QED) is 0.409. The average Bonchev–Trinajstić information content (AvgIpc) is 3.13. The lowest BCUT2D eigenvalue weighted by molar-refractivity contribution is 0.102. The van der Waals surface area contributed by atoms with Gasteiger partial charge in [-0.1, -0.05) is 35.6 Å². The van der Waals surface area contributed by atoms with Crippen LogP contribution in [0.5, 0.6) is 0 Å². The number of aromatic nitrogens is 1. The maximum Gasteiger partial charge on any atom is 0.261 e. The zero-order chi connectivity index (χ0) is 20.4. The van der Waals surface area contributed by atoms with Crippen LogP contribution in [0.1, 0.15) is 10.4 Å². The van der Waals surface area contributed by atoms with Crippen molar-refractivity contribution in [2.75, 3.05) is 10.0 Å². The van der Waals surface area contributed by atoms with Crippen molar-refractivity contribution in [3.63, 3.8) is 0 Å². The Morgan fingerprint density at radius 3 is 2.34 bits per heavy atom. The fourth-order valence-electron chi connectivity index (χ4n) is 2.64. The number of halogens is 1. The lowest BCUT2D eigenvalue weighted by atomic mass is 10.2. The first-order chi connectivity index (χ1) is 13.9. The molecular formula is C20H14BrN3O3S2. The van der Waals surface area contributed by atoms with Crippen molar-refractivity contribution in [3.05, 3.63) is 82.8 Å². The van der Waals surface area contributed by atoms with Gasteiger partial charge in [0.1, 0.15) is 0 Å². The Morgan fingerprint density at radius 1 is 0.931 bits per heavy atom. The van der Waals surface area contributed by atoms with Crippen LogP contribution in [0.3, 0.4) is 0 Å². The van der Waals surface area contributed by atoms with Gasteiger partial charge in [-0.2, -0.15) is 0 Å². The Kier molecular flexibility index (Phi) is 5.35. The largest absolute Gasteiger partial charge is 0.298 e. The van der Waals surface area contributed by atoms with E-state index in [1.54, 1.807) is 42.5 Å². The van der Waals surface area contributed by atoms with Gasteiger partial charge >= 0.3 is 0 Å². The number of anilines is 2. The van der Waals surface area contributed by atoms with Crippen molar-refractivity contribution in [1.29, 1.82) is 0 Å². The van der Waals surface area contributed by atoms with E-state index < -0.39 is 10.0 Å². The highest BCUT2D eigenvalue weighted by Gasteiger charge is 2.15. The molecule has 0 atom stereocenters. The van der Waals surface area contributed by atoms with Gasteiger partial charge in [0.05, 0.1) is 15.1 Å². The topological polar surface area (TPSA) is 88.2 Å². The highest BCUT2D eigenvalue weighted by Crippen LogP contribution is 2.31. The molecule has 2 N–H and O–H groups in total. The first-order valence-electron chi connectivity index (χ1n) is 8.47. The van der Waals surface area contributed by atoms with Crippen LogP contribution in [-0.2, 0) is 10.0 Å². The monoisotopic (exact) mass is 487 g/mol. The summed E-state index contributed by atoms with van der Waals surface area (Å²) in [6, 6.07) is 20.0. The number of carbonyl (C=O) groups excluding carboxylic acids is 1. The van der Waals surface area contributed by atoms with E-state index in [1.807, 2.05) is 18.2 Å². The maximum absolute atomic E-state index is 12.5. The first kappa shape index (κ1) is 19.6. The first-order valence-corrected chi connectivity index (χ1v) is 11.6.